The molecule has 1 N–H and O–H groups in total. The Morgan fingerprint density at radius 1 is 1.15 bits per heavy atom. The normalized spacial score (nSPS) is 26.1. The second-order valence-corrected chi connectivity index (χ2v) is 13.9. The third-order valence-corrected chi connectivity index (χ3v) is 10.6. The summed E-state index contributed by atoms with van der Waals surface area (Å²) in [6.45, 7) is 15.8. The lowest BCUT2D eigenvalue weighted by Gasteiger charge is -2.40. The number of likely N-dealkylation sites (N-methyl/N-ethyl adjacent to an activating group) is 1. The number of esters is 1. The minimum absolute atomic E-state index is 0.101. The summed E-state index contributed by atoms with van der Waals surface area (Å²) in [4.78, 5) is 61.4. The third-order valence-electron chi connectivity index (χ3n) is 10.6. The fourth-order valence-electron chi connectivity index (χ4n) is 7.91. The van der Waals surface area contributed by atoms with E-state index in [-0.39, 0.29) is 36.7 Å². The van der Waals surface area contributed by atoms with Crippen molar-refractivity contribution < 1.29 is 33.8 Å². The number of ether oxygens (including phenoxy) is 2. The summed E-state index contributed by atoms with van der Waals surface area (Å²) in [7, 11) is 1.69. The van der Waals surface area contributed by atoms with Gasteiger partial charge in [0.25, 0.3) is 0 Å². The first-order chi connectivity index (χ1) is 23.0. The Balaban J connectivity index is 1.71. The Morgan fingerprint density at radius 2 is 1.85 bits per heavy atom. The maximum absolute atomic E-state index is 14.6. The van der Waals surface area contributed by atoms with Crippen LogP contribution in [-0.2, 0) is 28.7 Å². The van der Waals surface area contributed by atoms with Crippen LogP contribution in [0.25, 0.3) is 0 Å². The zero-order valence-electron chi connectivity index (χ0n) is 29.4. The molecule has 3 aliphatic rings. The second-order valence-electron chi connectivity index (χ2n) is 13.9. The van der Waals surface area contributed by atoms with Crippen molar-refractivity contribution >= 4 is 23.7 Å². The number of benzene rings is 1. The van der Waals surface area contributed by atoms with E-state index in [9.17, 15) is 24.3 Å². The van der Waals surface area contributed by atoms with Crippen LogP contribution in [-0.4, -0.2) is 100 Å². The number of carbonyl (C=O) groups excluding carboxylic acids is 4. The van der Waals surface area contributed by atoms with Crippen molar-refractivity contribution in [2.24, 2.45) is 17.8 Å². The van der Waals surface area contributed by atoms with Crippen molar-refractivity contribution in [2.75, 3.05) is 26.7 Å². The average Bonchev–Trinajstić information content (AvgIpc) is 3.73. The Kier molecular flexibility index (Phi) is 12.6. The molecule has 0 aromatic heterocycles. The van der Waals surface area contributed by atoms with E-state index in [1.807, 2.05) is 51.1 Å². The van der Waals surface area contributed by atoms with Gasteiger partial charge in [0.2, 0.25) is 17.7 Å². The molecular weight excluding hydrogens is 610 g/mol. The molecule has 10 heteroatoms. The number of fused-ring (bicyclic) bond motifs is 1. The Morgan fingerprint density at radius 3 is 2.46 bits per heavy atom. The SMILES string of the molecule is C=CCCC(=O)N(C)[C@H](C)[C@H](OC(=O)[C@@H]1[C@@H]2CC[C@]3(O2)[C@H](C(=O)N(CC=C)CCCCC)N([C@@H](CO)C(C)C)C(=O)[C@@H]13)c1ccccc1. The topological polar surface area (TPSA) is 117 Å². The quantitative estimate of drug-likeness (QED) is 0.138. The van der Waals surface area contributed by atoms with Gasteiger partial charge in [0.15, 0.2) is 0 Å². The molecule has 0 radical (unpaired) electrons. The maximum Gasteiger partial charge on any atom is 0.313 e. The summed E-state index contributed by atoms with van der Waals surface area (Å²) in [6, 6.07) is 7.14. The van der Waals surface area contributed by atoms with Gasteiger partial charge in [-0.1, -0.05) is 76.1 Å². The summed E-state index contributed by atoms with van der Waals surface area (Å²) < 4.78 is 13.0. The van der Waals surface area contributed by atoms with Crippen molar-refractivity contribution in [3.05, 3.63) is 61.2 Å². The van der Waals surface area contributed by atoms with Gasteiger partial charge in [0.1, 0.15) is 17.7 Å². The highest BCUT2D eigenvalue weighted by Gasteiger charge is 2.76. The standard InChI is InChI=1S/C38H55N3O7/c1-8-11-16-23-40(22-10-3)36(45)34-38-21-20-29(48-38)31(32(38)35(44)41(34)28(24-42)25(4)5)37(46)47-33(27-17-14-13-15-18-27)26(6)39(7)30(43)19-12-9-2/h9-10,13-15,17-18,25-26,28-29,31-34,42H,2-3,8,11-12,16,19-24H2,1,4-7H3/t26-,28+,29+,31-,32-,33+,34+,38-/m1/s1. The van der Waals surface area contributed by atoms with Crippen LogP contribution in [0.15, 0.2) is 55.6 Å². The van der Waals surface area contributed by atoms with E-state index in [2.05, 4.69) is 20.1 Å². The molecule has 3 aliphatic heterocycles. The van der Waals surface area contributed by atoms with Crippen LogP contribution in [0.2, 0.25) is 0 Å². The Hall–Kier alpha value is -3.50. The van der Waals surface area contributed by atoms with Crippen LogP contribution in [0.4, 0.5) is 0 Å². The van der Waals surface area contributed by atoms with Gasteiger partial charge in [-0.05, 0) is 44.1 Å². The molecule has 1 spiro atoms. The van der Waals surface area contributed by atoms with Gasteiger partial charge in [0.05, 0.1) is 36.6 Å². The van der Waals surface area contributed by atoms with Crippen LogP contribution in [0.3, 0.4) is 0 Å². The van der Waals surface area contributed by atoms with Crippen LogP contribution in [0, 0.1) is 17.8 Å². The first-order valence-corrected chi connectivity index (χ1v) is 17.6. The molecule has 0 unspecified atom stereocenters. The molecule has 3 fully saturated rings. The Bertz CT molecular complexity index is 1320. The lowest BCUT2D eigenvalue weighted by Crippen LogP contribution is -2.59. The van der Waals surface area contributed by atoms with Crippen molar-refractivity contribution in [3.63, 3.8) is 0 Å². The van der Waals surface area contributed by atoms with E-state index in [4.69, 9.17) is 9.47 Å². The molecule has 3 amide bonds. The molecule has 0 aliphatic carbocycles. The van der Waals surface area contributed by atoms with Crippen LogP contribution in [0.5, 0.6) is 0 Å². The number of allylic oxidation sites excluding steroid dienone is 1. The maximum atomic E-state index is 14.6. The van der Waals surface area contributed by atoms with Gasteiger partial charge in [-0.2, -0.15) is 0 Å². The number of carbonyl (C=O) groups is 4. The van der Waals surface area contributed by atoms with Gasteiger partial charge < -0.3 is 29.3 Å². The van der Waals surface area contributed by atoms with Crippen molar-refractivity contribution in [1.82, 2.24) is 14.7 Å². The molecule has 3 heterocycles. The fraction of sp³-hybridized carbons (Fsp3) is 0.632. The van der Waals surface area contributed by atoms with Crippen LogP contribution >= 0.6 is 0 Å². The van der Waals surface area contributed by atoms with E-state index in [0.717, 1.165) is 24.8 Å². The van der Waals surface area contributed by atoms with Gasteiger partial charge in [-0.3, -0.25) is 19.2 Å². The lowest BCUT2D eigenvalue weighted by atomic mass is 9.70. The van der Waals surface area contributed by atoms with Crippen molar-refractivity contribution in [2.45, 2.75) is 109 Å². The first-order valence-electron chi connectivity index (χ1n) is 17.6. The predicted molar refractivity (Wildman–Crippen MR) is 183 cm³/mol. The van der Waals surface area contributed by atoms with Crippen molar-refractivity contribution in [3.8, 4) is 0 Å². The first kappa shape index (κ1) is 37.3. The number of aliphatic hydroxyl groups excluding tert-OH is 1. The number of likely N-dealkylation sites (tertiary alicyclic amines) is 1. The average molecular weight is 666 g/mol. The Labute approximate surface area is 286 Å². The number of rotatable bonds is 18. The zero-order chi connectivity index (χ0) is 35.2. The number of nitrogens with zero attached hydrogens (tertiary/aromatic N) is 3. The molecule has 1 aromatic carbocycles. The van der Waals surface area contributed by atoms with Crippen molar-refractivity contribution in [1.29, 1.82) is 0 Å². The van der Waals surface area contributed by atoms with Crippen LogP contribution < -0.4 is 0 Å². The fourth-order valence-corrected chi connectivity index (χ4v) is 7.91. The molecular formula is C38H55N3O7. The van der Waals surface area contributed by atoms with Crippen LogP contribution in [0.1, 0.15) is 84.3 Å². The smallest absolute Gasteiger partial charge is 0.313 e. The van der Waals surface area contributed by atoms with Gasteiger partial charge in [-0.25, -0.2) is 0 Å². The zero-order valence-corrected chi connectivity index (χ0v) is 29.4. The summed E-state index contributed by atoms with van der Waals surface area (Å²) in [6.07, 6.45) is 6.48. The van der Waals surface area contributed by atoms with Gasteiger partial charge >= 0.3 is 5.97 Å². The number of hydrogen-bond donors (Lipinski definition) is 1. The van der Waals surface area contributed by atoms with E-state index < -0.39 is 53.7 Å². The summed E-state index contributed by atoms with van der Waals surface area (Å²) in [5.41, 5.74) is -0.499. The van der Waals surface area contributed by atoms with E-state index >= 15 is 0 Å². The molecule has 264 valence electrons. The molecule has 48 heavy (non-hydrogen) atoms. The highest BCUT2D eigenvalue weighted by molar-refractivity contribution is 5.98. The predicted octanol–water partition coefficient (Wildman–Crippen LogP) is 4.68. The minimum Gasteiger partial charge on any atom is -0.455 e. The molecule has 0 saturated carbocycles. The lowest BCUT2D eigenvalue weighted by molar-refractivity contribution is -0.165. The number of aliphatic hydroxyl groups is 1. The second kappa shape index (κ2) is 16.3. The number of amides is 3. The number of hydrogen-bond acceptors (Lipinski definition) is 7. The summed E-state index contributed by atoms with van der Waals surface area (Å²) >= 11 is 0. The van der Waals surface area contributed by atoms with E-state index in [1.54, 1.807) is 29.0 Å². The monoisotopic (exact) mass is 665 g/mol. The summed E-state index contributed by atoms with van der Waals surface area (Å²) in [5.74, 6) is -3.33. The van der Waals surface area contributed by atoms with E-state index in [0.29, 0.717) is 32.4 Å². The molecule has 2 bridgehead atoms. The highest BCUT2D eigenvalue weighted by atomic mass is 16.6. The molecule has 1 aromatic rings. The molecule has 3 saturated heterocycles. The molecule has 4 rings (SSSR count). The molecule has 10 nitrogen and oxygen atoms in total. The third kappa shape index (κ3) is 7.10. The molecule has 8 atom stereocenters. The summed E-state index contributed by atoms with van der Waals surface area (Å²) in [5, 5.41) is 10.5. The van der Waals surface area contributed by atoms with E-state index in [1.165, 1.54) is 4.90 Å². The minimum atomic E-state index is -1.22. The van der Waals surface area contributed by atoms with Gasteiger partial charge in [-0.15, -0.1) is 13.2 Å². The largest absolute Gasteiger partial charge is 0.455 e. The van der Waals surface area contributed by atoms with Gasteiger partial charge in [0, 0.05) is 26.6 Å². The highest BCUT2D eigenvalue weighted by Crippen LogP contribution is 2.59. The number of unbranched alkanes of at least 4 members (excludes halogenated alkanes) is 2.